The molecule has 3 atom stereocenters. The summed E-state index contributed by atoms with van der Waals surface area (Å²) in [4.78, 5) is 49.8. The summed E-state index contributed by atoms with van der Waals surface area (Å²) >= 11 is 0. The molecule has 0 aliphatic heterocycles. The summed E-state index contributed by atoms with van der Waals surface area (Å²) < 4.78 is 36.7. The quantitative estimate of drug-likeness (QED) is 0.216. The van der Waals surface area contributed by atoms with Crippen molar-refractivity contribution in [2.24, 2.45) is 11.1 Å². The van der Waals surface area contributed by atoms with E-state index in [0.29, 0.717) is 0 Å². The Morgan fingerprint density at radius 3 is 1.63 bits per heavy atom. The highest BCUT2D eigenvalue weighted by molar-refractivity contribution is 5.82. The van der Waals surface area contributed by atoms with E-state index >= 15 is 0 Å². The van der Waals surface area contributed by atoms with Crippen LogP contribution in [0.4, 0.5) is 14.4 Å². The van der Waals surface area contributed by atoms with Crippen LogP contribution in [0.2, 0.25) is 0 Å². The lowest BCUT2D eigenvalue weighted by Crippen LogP contribution is -2.46. The lowest BCUT2D eigenvalue weighted by Gasteiger charge is -2.28. The first kappa shape index (κ1) is 35.5. The summed E-state index contributed by atoms with van der Waals surface area (Å²) in [6.07, 6.45) is -4.76. The van der Waals surface area contributed by atoms with Gasteiger partial charge in [0, 0.05) is 0 Å². The zero-order chi connectivity index (χ0) is 32.0. The molecule has 12 nitrogen and oxygen atoms in total. The predicted molar refractivity (Wildman–Crippen MR) is 149 cm³/mol. The van der Waals surface area contributed by atoms with Crippen LogP contribution in [0.5, 0.6) is 11.5 Å². The van der Waals surface area contributed by atoms with Crippen molar-refractivity contribution >= 4 is 24.4 Å². The van der Waals surface area contributed by atoms with Gasteiger partial charge in [-0.15, -0.1) is 0 Å². The summed E-state index contributed by atoms with van der Waals surface area (Å²) in [5.41, 5.74) is 2.77. The number of hydrogen-bond acceptors (Lipinski definition) is 12. The van der Waals surface area contributed by atoms with Crippen molar-refractivity contribution in [3.8, 4) is 11.5 Å². The molecule has 0 radical (unpaired) electrons. The van der Waals surface area contributed by atoms with Crippen molar-refractivity contribution in [1.29, 1.82) is 0 Å². The molecule has 0 amide bonds. The summed E-state index contributed by atoms with van der Waals surface area (Å²) in [5.74, 6) is -1.30. The fraction of sp³-hybridized carbons (Fsp3) is 0.655. The Hall–Kier alpha value is -3.54. The average molecular weight is 584 g/mol. The molecule has 2 N–H and O–H groups in total. The number of hydrogen-bond donors (Lipinski definition) is 1. The van der Waals surface area contributed by atoms with E-state index in [9.17, 15) is 19.2 Å². The van der Waals surface area contributed by atoms with Gasteiger partial charge in [-0.25, -0.2) is 19.2 Å². The van der Waals surface area contributed by atoms with Gasteiger partial charge in [0.1, 0.15) is 28.9 Å². The third kappa shape index (κ3) is 13.1. The number of carbonyl (C=O) groups is 4. The molecular formula is C29H45NO11. The van der Waals surface area contributed by atoms with E-state index in [-0.39, 0.29) is 29.1 Å². The van der Waals surface area contributed by atoms with Crippen LogP contribution in [-0.4, -0.2) is 54.5 Å². The van der Waals surface area contributed by atoms with Crippen molar-refractivity contribution in [3.63, 3.8) is 0 Å². The van der Waals surface area contributed by atoms with Gasteiger partial charge in [-0.2, -0.15) is 0 Å². The largest absolute Gasteiger partial charge is 0.514 e. The molecule has 232 valence electrons. The van der Waals surface area contributed by atoms with Gasteiger partial charge < -0.3 is 38.9 Å². The van der Waals surface area contributed by atoms with E-state index in [2.05, 4.69) is 0 Å². The second kappa shape index (κ2) is 13.4. The van der Waals surface area contributed by atoms with Crippen LogP contribution in [-0.2, 0) is 34.0 Å². The smallest absolute Gasteiger partial charge is 0.457 e. The van der Waals surface area contributed by atoms with Crippen LogP contribution >= 0.6 is 0 Å². The molecule has 1 aromatic carbocycles. The summed E-state index contributed by atoms with van der Waals surface area (Å²) in [6.45, 7) is 20.2. The van der Waals surface area contributed by atoms with Crippen molar-refractivity contribution in [3.05, 3.63) is 23.8 Å². The molecular weight excluding hydrogens is 538 g/mol. The zero-order valence-corrected chi connectivity index (χ0v) is 26.2. The topological polar surface area (TPSA) is 159 Å². The van der Waals surface area contributed by atoms with Crippen molar-refractivity contribution in [1.82, 2.24) is 0 Å². The maximum absolute atomic E-state index is 13.1. The molecule has 12 heteroatoms. The van der Waals surface area contributed by atoms with E-state index < -0.39 is 53.4 Å². The lowest BCUT2D eigenvalue weighted by atomic mass is 9.93. The molecule has 0 aliphatic rings. The molecule has 0 unspecified atom stereocenters. The molecule has 0 bridgehead atoms. The highest BCUT2D eigenvalue weighted by atomic mass is 16.8. The number of rotatable bonds is 8. The Balaban J connectivity index is 3.15. The summed E-state index contributed by atoms with van der Waals surface area (Å²) in [6, 6.07) is 3.94. The standard InChI is InChI=1S/C29H45NO11/c1-17(18(2)37-23(32)35-16-26(3,4)5)36-22(31)29(12,30)19-13-14-20(38-24(33)40-27(6,7)8)21(15-19)39-25(34)41-28(9,10)11/h13-15,17-18H,16,30H2,1-12H3/t17-,18-,29-/m0/s1. The minimum absolute atomic E-state index is 0.148. The Bertz CT molecular complexity index is 1090. The molecule has 0 saturated carbocycles. The Morgan fingerprint density at radius 2 is 1.17 bits per heavy atom. The average Bonchev–Trinajstić information content (AvgIpc) is 2.75. The third-order valence-corrected chi connectivity index (χ3v) is 4.99. The Kier molecular flexibility index (Phi) is 11.6. The minimum atomic E-state index is -1.77. The van der Waals surface area contributed by atoms with Crippen molar-refractivity contribution in [2.75, 3.05) is 6.61 Å². The summed E-state index contributed by atoms with van der Waals surface area (Å²) in [5, 5.41) is 0. The molecule has 0 saturated heterocycles. The highest BCUT2D eigenvalue weighted by Gasteiger charge is 2.36. The molecule has 0 aromatic heterocycles. The van der Waals surface area contributed by atoms with E-state index in [0.717, 1.165) is 0 Å². The first-order chi connectivity index (χ1) is 18.4. The maximum atomic E-state index is 13.1. The highest BCUT2D eigenvalue weighted by Crippen LogP contribution is 2.34. The monoisotopic (exact) mass is 583 g/mol. The van der Waals surface area contributed by atoms with E-state index in [1.54, 1.807) is 48.5 Å². The first-order valence-electron chi connectivity index (χ1n) is 13.2. The maximum Gasteiger partial charge on any atom is 0.514 e. The predicted octanol–water partition coefficient (Wildman–Crippen LogP) is 6.01. The lowest BCUT2D eigenvalue weighted by molar-refractivity contribution is -0.160. The second-order valence-electron chi connectivity index (χ2n) is 13.0. The minimum Gasteiger partial charge on any atom is -0.457 e. The van der Waals surface area contributed by atoms with Gasteiger partial charge in [0.05, 0.1) is 6.61 Å². The van der Waals surface area contributed by atoms with Crippen LogP contribution in [0.15, 0.2) is 18.2 Å². The third-order valence-electron chi connectivity index (χ3n) is 4.99. The van der Waals surface area contributed by atoms with Crippen LogP contribution in [0.25, 0.3) is 0 Å². The molecule has 0 aliphatic carbocycles. The van der Waals surface area contributed by atoms with Crippen molar-refractivity contribution < 1.29 is 52.3 Å². The molecule has 41 heavy (non-hydrogen) atoms. The first-order valence-corrected chi connectivity index (χ1v) is 13.2. The number of nitrogens with two attached hydrogens (primary N) is 1. The molecule has 0 fully saturated rings. The Labute approximate surface area is 242 Å². The van der Waals surface area contributed by atoms with Crippen molar-refractivity contribution in [2.45, 2.75) is 112 Å². The Morgan fingerprint density at radius 1 is 0.707 bits per heavy atom. The molecule has 0 heterocycles. The number of benzene rings is 1. The van der Waals surface area contributed by atoms with Gasteiger partial charge in [-0.1, -0.05) is 26.8 Å². The van der Waals surface area contributed by atoms with E-state index in [4.69, 9.17) is 38.9 Å². The second-order valence-corrected chi connectivity index (χ2v) is 13.0. The van der Waals surface area contributed by atoms with Gasteiger partial charge >= 0.3 is 24.4 Å². The molecule has 1 aromatic rings. The van der Waals surface area contributed by atoms with Gasteiger partial charge in [0.15, 0.2) is 11.5 Å². The van der Waals surface area contributed by atoms with Gasteiger partial charge in [-0.05, 0) is 85.4 Å². The summed E-state index contributed by atoms with van der Waals surface area (Å²) in [7, 11) is 0. The normalized spacial score (nSPS) is 15.0. The molecule has 1 rings (SSSR count). The zero-order valence-electron chi connectivity index (χ0n) is 26.2. The van der Waals surface area contributed by atoms with E-state index in [1.807, 2.05) is 20.8 Å². The van der Waals surface area contributed by atoms with Crippen LogP contribution < -0.4 is 15.2 Å². The van der Waals surface area contributed by atoms with Gasteiger partial charge in [0.25, 0.3) is 0 Å². The fourth-order valence-electron chi connectivity index (χ4n) is 2.78. The van der Waals surface area contributed by atoms with Gasteiger partial charge in [0.2, 0.25) is 0 Å². The van der Waals surface area contributed by atoms with Gasteiger partial charge in [-0.3, -0.25) is 0 Å². The van der Waals surface area contributed by atoms with Crippen LogP contribution in [0.1, 0.15) is 88.6 Å². The molecule has 0 spiro atoms. The van der Waals surface area contributed by atoms with Crippen LogP contribution in [0.3, 0.4) is 0 Å². The number of carbonyl (C=O) groups excluding carboxylic acids is 4. The van der Waals surface area contributed by atoms with E-state index in [1.165, 1.54) is 32.0 Å². The fourth-order valence-corrected chi connectivity index (χ4v) is 2.78. The number of ether oxygens (including phenoxy) is 7. The van der Waals surface area contributed by atoms with Crippen LogP contribution in [0, 0.1) is 5.41 Å². The number of esters is 1. The SMILES string of the molecule is C[C@H](OC(=O)OCC(C)(C)C)[C@H](C)OC(=O)[C@@](C)(N)c1ccc(OC(=O)OC(C)(C)C)c(OC(=O)OC(C)(C)C)c1.